The molecule has 0 saturated carbocycles. The van der Waals surface area contributed by atoms with Crippen LogP contribution in [0.15, 0.2) is 30.3 Å². The van der Waals surface area contributed by atoms with Crippen LogP contribution in [0.4, 0.5) is 0 Å². The number of hydrogen-bond donors (Lipinski definition) is 0. The molecule has 0 radical (unpaired) electrons. The van der Waals surface area contributed by atoms with E-state index >= 15 is 0 Å². The smallest absolute Gasteiger partial charge is 0.253 e. The molecule has 31 heavy (non-hydrogen) atoms. The highest BCUT2D eigenvalue weighted by molar-refractivity contribution is 6.01. The highest BCUT2D eigenvalue weighted by Crippen LogP contribution is 2.40. The van der Waals surface area contributed by atoms with Crippen molar-refractivity contribution in [3.63, 3.8) is 0 Å². The van der Waals surface area contributed by atoms with Crippen LogP contribution in [0.1, 0.15) is 56.8 Å². The van der Waals surface area contributed by atoms with Gasteiger partial charge in [0.1, 0.15) is 11.4 Å². The van der Waals surface area contributed by atoms with Crippen LogP contribution in [0.2, 0.25) is 0 Å². The first kappa shape index (κ1) is 19.8. The van der Waals surface area contributed by atoms with E-state index in [1.165, 1.54) is 0 Å². The van der Waals surface area contributed by atoms with Crippen molar-refractivity contribution in [2.75, 3.05) is 13.1 Å². The number of carbonyl (C=O) groups is 2. The number of aromatic nitrogens is 2. The lowest BCUT2D eigenvalue weighted by atomic mass is 9.81. The summed E-state index contributed by atoms with van der Waals surface area (Å²) in [6.45, 7) is 7.18. The standard InChI is InChI=1S/C25H27N3O3/c1-15-11-20-22(29)14-25(31-23(20)12-16(15)2)7-9-28(10-8-25)24(30)18-5-6-19-17(3)26-27(4)21(19)13-18/h5-6,11-13H,7-10,14H2,1-4H3. The third-order valence-electron chi connectivity index (χ3n) is 6.95. The molecule has 2 aliphatic rings. The van der Waals surface area contributed by atoms with Crippen LogP contribution in [0.3, 0.4) is 0 Å². The van der Waals surface area contributed by atoms with Gasteiger partial charge in [0.25, 0.3) is 5.91 Å². The van der Waals surface area contributed by atoms with Crippen LogP contribution in [-0.2, 0) is 7.05 Å². The molecule has 1 spiro atoms. The van der Waals surface area contributed by atoms with E-state index in [4.69, 9.17) is 4.74 Å². The Labute approximate surface area is 181 Å². The minimum absolute atomic E-state index is 0.0182. The van der Waals surface area contributed by atoms with Gasteiger partial charge in [-0.3, -0.25) is 14.3 Å². The molecule has 3 aromatic rings. The second-order valence-corrected chi connectivity index (χ2v) is 9.05. The van der Waals surface area contributed by atoms with Gasteiger partial charge in [-0.1, -0.05) is 6.07 Å². The van der Waals surface area contributed by atoms with Crippen molar-refractivity contribution in [3.05, 3.63) is 58.3 Å². The molecule has 0 N–H and O–H groups in total. The van der Waals surface area contributed by atoms with E-state index in [1.807, 2.05) is 67.7 Å². The van der Waals surface area contributed by atoms with Gasteiger partial charge in [0.15, 0.2) is 5.78 Å². The molecule has 2 aliphatic heterocycles. The van der Waals surface area contributed by atoms with E-state index in [2.05, 4.69) is 5.10 Å². The number of piperidine rings is 1. The first-order chi connectivity index (χ1) is 14.8. The van der Waals surface area contributed by atoms with Crippen LogP contribution >= 0.6 is 0 Å². The maximum absolute atomic E-state index is 13.2. The molecule has 0 aliphatic carbocycles. The van der Waals surface area contributed by atoms with Crippen LogP contribution in [0.25, 0.3) is 10.9 Å². The van der Waals surface area contributed by atoms with Gasteiger partial charge in [0, 0.05) is 43.9 Å². The minimum Gasteiger partial charge on any atom is -0.486 e. The molecule has 0 atom stereocenters. The number of carbonyl (C=O) groups excluding carboxylic acids is 2. The van der Waals surface area contributed by atoms with E-state index in [0.717, 1.165) is 27.7 Å². The van der Waals surface area contributed by atoms with Crippen LogP contribution < -0.4 is 4.74 Å². The molecule has 0 unspecified atom stereocenters. The van der Waals surface area contributed by atoms with Crippen LogP contribution in [-0.4, -0.2) is 45.1 Å². The Bertz CT molecular complexity index is 1230. The third kappa shape index (κ3) is 3.21. The fourth-order valence-electron chi connectivity index (χ4n) is 4.90. The average molecular weight is 418 g/mol. The van der Waals surface area contributed by atoms with E-state index in [-0.39, 0.29) is 11.7 Å². The van der Waals surface area contributed by atoms with E-state index < -0.39 is 5.60 Å². The van der Waals surface area contributed by atoms with Gasteiger partial charge in [0.2, 0.25) is 0 Å². The number of fused-ring (bicyclic) bond motifs is 2. The number of benzene rings is 2. The Balaban J connectivity index is 1.34. The van der Waals surface area contributed by atoms with Crippen molar-refractivity contribution < 1.29 is 14.3 Å². The molecule has 160 valence electrons. The molecule has 3 heterocycles. The summed E-state index contributed by atoms with van der Waals surface area (Å²) in [5.41, 5.74) is 4.99. The molecule has 2 aromatic carbocycles. The SMILES string of the molecule is Cc1cc2c(cc1C)C(=O)CC1(CCN(C(=O)c3ccc4c(C)nn(C)c4c3)CC1)O2. The highest BCUT2D eigenvalue weighted by Gasteiger charge is 2.43. The van der Waals surface area contributed by atoms with Gasteiger partial charge in [-0.25, -0.2) is 0 Å². The molecule has 0 bridgehead atoms. The Hall–Kier alpha value is -3.15. The van der Waals surface area contributed by atoms with Crippen molar-refractivity contribution in [2.45, 2.75) is 45.6 Å². The predicted molar refractivity (Wildman–Crippen MR) is 119 cm³/mol. The molecule has 1 fully saturated rings. The summed E-state index contributed by atoms with van der Waals surface area (Å²) in [4.78, 5) is 27.9. The lowest BCUT2D eigenvalue weighted by Crippen LogP contribution is -2.52. The molecule has 6 heteroatoms. The number of aryl methyl sites for hydroxylation is 4. The summed E-state index contributed by atoms with van der Waals surface area (Å²) >= 11 is 0. The van der Waals surface area contributed by atoms with Crippen molar-refractivity contribution in [2.24, 2.45) is 7.05 Å². The largest absolute Gasteiger partial charge is 0.486 e. The zero-order chi connectivity index (χ0) is 21.9. The second-order valence-electron chi connectivity index (χ2n) is 9.05. The molecule has 1 amide bonds. The number of ether oxygens (including phenoxy) is 1. The fraction of sp³-hybridized carbons (Fsp3) is 0.400. The zero-order valence-corrected chi connectivity index (χ0v) is 18.5. The molecule has 1 saturated heterocycles. The number of rotatable bonds is 1. The quantitative estimate of drug-likeness (QED) is 0.597. The molecule has 6 nitrogen and oxygen atoms in total. The van der Waals surface area contributed by atoms with Gasteiger partial charge < -0.3 is 9.64 Å². The number of ketones is 1. The summed E-state index contributed by atoms with van der Waals surface area (Å²) in [5.74, 6) is 0.849. The van der Waals surface area contributed by atoms with Crippen molar-refractivity contribution >= 4 is 22.6 Å². The normalized spacial score (nSPS) is 17.7. The zero-order valence-electron chi connectivity index (χ0n) is 18.5. The number of amides is 1. The van der Waals surface area contributed by atoms with Crippen LogP contribution in [0, 0.1) is 20.8 Å². The maximum Gasteiger partial charge on any atom is 0.253 e. The van der Waals surface area contributed by atoms with Crippen molar-refractivity contribution in [1.82, 2.24) is 14.7 Å². The Morgan fingerprint density at radius 2 is 1.77 bits per heavy atom. The predicted octanol–water partition coefficient (Wildman–Crippen LogP) is 4.14. The summed E-state index contributed by atoms with van der Waals surface area (Å²) < 4.78 is 8.22. The molecule has 5 rings (SSSR count). The summed E-state index contributed by atoms with van der Waals surface area (Å²) in [6.07, 6.45) is 1.69. The Kier molecular flexibility index (Phi) is 4.43. The van der Waals surface area contributed by atoms with Gasteiger partial charge in [0.05, 0.1) is 23.2 Å². The van der Waals surface area contributed by atoms with E-state index in [1.54, 1.807) is 0 Å². The highest BCUT2D eigenvalue weighted by atomic mass is 16.5. The number of nitrogens with zero attached hydrogens (tertiary/aromatic N) is 3. The minimum atomic E-state index is -0.508. The van der Waals surface area contributed by atoms with Gasteiger partial charge in [-0.05, 0) is 56.2 Å². The average Bonchev–Trinajstić information content (AvgIpc) is 3.03. The van der Waals surface area contributed by atoms with E-state index in [9.17, 15) is 9.59 Å². The number of likely N-dealkylation sites (tertiary alicyclic amines) is 1. The maximum atomic E-state index is 13.2. The fourth-order valence-corrected chi connectivity index (χ4v) is 4.90. The second kappa shape index (κ2) is 6.94. The summed E-state index contributed by atoms with van der Waals surface area (Å²) in [5, 5.41) is 5.51. The first-order valence-electron chi connectivity index (χ1n) is 10.8. The lowest BCUT2D eigenvalue weighted by Gasteiger charge is -2.44. The van der Waals surface area contributed by atoms with Crippen molar-refractivity contribution in [1.29, 1.82) is 0 Å². The van der Waals surface area contributed by atoms with Gasteiger partial charge in [-0.15, -0.1) is 0 Å². The number of Topliss-reactive ketones (excluding diaryl/α,β-unsaturated/α-hetero) is 1. The van der Waals surface area contributed by atoms with Gasteiger partial charge in [-0.2, -0.15) is 5.10 Å². The first-order valence-corrected chi connectivity index (χ1v) is 10.8. The van der Waals surface area contributed by atoms with Gasteiger partial charge >= 0.3 is 0 Å². The van der Waals surface area contributed by atoms with Crippen molar-refractivity contribution in [3.8, 4) is 5.75 Å². The monoisotopic (exact) mass is 417 g/mol. The summed E-state index contributed by atoms with van der Waals surface area (Å²) in [7, 11) is 1.90. The summed E-state index contributed by atoms with van der Waals surface area (Å²) in [6, 6.07) is 9.69. The number of hydrogen-bond acceptors (Lipinski definition) is 4. The Morgan fingerprint density at radius 1 is 1.06 bits per heavy atom. The lowest BCUT2D eigenvalue weighted by molar-refractivity contribution is -0.00575. The molecular weight excluding hydrogens is 390 g/mol. The Morgan fingerprint density at radius 3 is 2.52 bits per heavy atom. The molecule has 1 aromatic heterocycles. The van der Waals surface area contributed by atoms with Crippen LogP contribution in [0.5, 0.6) is 5.75 Å². The molecular formula is C25H27N3O3. The van der Waals surface area contributed by atoms with E-state index in [0.29, 0.717) is 49.2 Å². The third-order valence-corrected chi connectivity index (χ3v) is 6.95. The topological polar surface area (TPSA) is 64.4 Å².